The molecule has 2 fully saturated rings. The number of hydrogen-bond acceptors (Lipinski definition) is 3. The number of nitrogens with zero attached hydrogens (tertiary/aromatic N) is 1. The lowest BCUT2D eigenvalue weighted by atomic mass is 10.2. The lowest BCUT2D eigenvalue weighted by Crippen LogP contribution is -2.40. The zero-order chi connectivity index (χ0) is 10.2. The molecule has 0 unspecified atom stereocenters. The molecule has 0 aromatic heterocycles. The highest BCUT2D eigenvalue weighted by molar-refractivity contribution is 5.00. The Bertz CT molecular complexity index is 201. The first-order chi connectivity index (χ1) is 6.65. The SMILES string of the molecule is CO[C@@H]1COC2(CC2)CN(C(C)C)C1. The van der Waals surface area contributed by atoms with Crippen molar-refractivity contribution in [3.8, 4) is 0 Å². The highest BCUT2D eigenvalue weighted by Crippen LogP contribution is 2.42. The van der Waals surface area contributed by atoms with Gasteiger partial charge in [0.05, 0.1) is 18.3 Å². The van der Waals surface area contributed by atoms with E-state index in [4.69, 9.17) is 9.47 Å². The van der Waals surface area contributed by atoms with Crippen molar-refractivity contribution in [1.82, 2.24) is 4.90 Å². The van der Waals surface area contributed by atoms with Gasteiger partial charge in [-0.2, -0.15) is 0 Å². The summed E-state index contributed by atoms with van der Waals surface area (Å²) in [6, 6.07) is 0.590. The molecule has 0 amide bonds. The Morgan fingerprint density at radius 3 is 2.64 bits per heavy atom. The van der Waals surface area contributed by atoms with Gasteiger partial charge in [0.25, 0.3) is 0 Å². The van der Waals surface area contributed by atoms with Crippen molar-refractivity contribution in [3.05, 3.63) is 0 Å². The molecule has 0 aromatic rings. The molecule has 3 nitrogen and oxygen atoms in total. The Kier molecular flexibility index (Phi) is 2.82. The Labute approximate surface area is 86.4 Å². The van der Waals surface area contributed by atoms with E-state index in [1.807, 2.05) is 0 Å². The molecule has 2 aliphatic rings. The highest BCUT2D eigenvalue weighted by atomic mass is 16.5. The molecule has 1 aliphatic carbocycles. The molecule has 1 aliphatic heterocycles. The van der Waals surface area contributed by atoms with Crippen LogP contribution in [0, 0.1) is 0 Å². The number of rotatable bonds is 2. The molecule has 0 radical (unpaired) electrons. The Hall–Kier alpha value is -0.120. The molecule has 2 rings (SSSR count). The first-order valence-electron chi connectivity index (χ1n) is 5.56. The van der Waals surface area contributed by atoms with Crippen LogP contribution >= 0.6 is 0 Å². The van der Waals surface area contributed by atoms with Gasteiger partial charge in [0.1, 0.15) is 0 Å². The predicted molar refractivity (Wildman–Crippen MR) is 55.4 cm³/mol. The second-order valence-electron chi connectivity index (χ2n) is 4.87. The Morgan fingerprint density at radius 1 is 1.43 bits per heavy atom. The molecule has 1 saturated heterocycles. The van der Waals surface area contributed by atoms with E-state index in [1.54, 1.807) is 7.11 Å². The minimum atomic E-state index is 0.192. The average molecular weight is 199 g/mol. The van der Waals surface area contributed by atoms with E-state index in [0.717, 1.165) is 19.7 Å². The monoisotopic (exact) mass is 199 g/mol. The second kappa shape index (κ2) is 3.80. The van der Waals surface area contributed by atoms with Crippen LogP contribution < -0.4 is 0 Å². The second-order valence-corrected chi connectivity index (χ2v) is 4.87. The van der Waals surface area contributed by atoms with Crippen molar-refractivity contribution in [3.63, 3.8) is 0 Å². The van der Waals surface area contributed by atoms with Crippen LogP contribution in [-0.2, 0) is 9.47 Å². The van der Waals surface area contributed by atoms with Crippen molar-refractivity contribution < 1.29 is 9.47 Å². The minimum Gasteiger partial charge on any atom is -0.378 e. The van der Waals surface area contributed by atoms with Gasteiger partial charge < -0.3 is 9.47 Å². The van der Waals surface area contributed by atoms with E-state index >= 15 is 0 Å². The van der Waals surface area contributed by atoms with E-state index in [0.29, 0.717) is 6.04 Å². The Balaban J connectivity index is 2.01. The van der Waals surface area contributed by atoms with Crippen molar-refractivity contribution >= 4 is 0 Å². The molecule has 1 spiro atoms. The Morgan fingerprint density at radius 2 is 2.14 bits per heavy atom. The molecule has 82 valence electrons. The topological polar surface area (TPSA) is 21.7 Å². The van der Waals surface area contributed by atoms with Gasteiger partial charge in [-0.25, -0.2) is 0 Å². The van der Waals surface area contributed by atoms with Gasteiger partial charge in [-0.1, -0.05) is 0 Å². The maximum absolute atomic E-state index is 5.92. The summed E-state index contributed by atoms with van der Waals surface area (Å²) in [6.45, 7) is 7.35. The lowest BCUT2D eigenvalue weighted by molar-refractivity contribution is -0.0168. The number of methoxy groups -OCH3 is 1. The summed E-state index contributed by atoms with van der Waals surface area (Å²) in [5.74, 6) is 0. The first-order valence-corrected chi connectivity index (χ1v) is 5.56. The van der Waals surface area contributed by atoms with E-state index in [1.165, 1.54) is 12.8 Å². The van der Waals surface area contributed by atoms with Crippen LogP contribution in [0.2, 0.25) is 0 Å². The summed E-state index contributed by atoms with van der Waals surface area (Å²) in [6.07, 6.45) is 2.71. The lowest BCUT2D eigenvalue weighted by Gasteiger charge is -2.28. The van der Waals surface area contributed by atoms with Crippen molar-refractivity contribution in [2.75, 3.05) is 26.8 Å². The van der Waals surface area contributed by atoms with Crippen LogP contribution in [0.4, 0.5) is 0 Å². The molecule has 0 bridgehead atoms. The summed E-state index contributed by atoms with van der Waals surface area (Å²) in [5, 5.41) is 0. The predicted octanol–water partition coefficient (Wildman–Crippen LogP) is 1.27. The van der Waals surface area contributed by atoms with Crippen LogP contribution in [0.25, 0.3) is 0 Å². The highest BCUT2D eigenvalue weighted by Gasteiger charge is 2.47. The standard InChI is InChI=1S/C11H21NO2/c1-9(2)12-6-10(13-3)7-14-11(8-12)4-5-11/h9-10H,4-8H2,1-3H3/t10-/m0/s1. The maximum atomic E-state index is 5.92. The van der Waals surface area contributed by atoms with Gasteiger partial charge in [-0.3, -0.25) is 4.90 Å². The smallest absolute Gasteiger partial charge is 0.0931 e. The van der Waals surface area contributed by atoms with E-state index < -0.39 is 0 Å². The zero-order valence-corrected chi connectivity index (χ0v) is 9.45. The quantitative estimate of drug-likeness (QED) is 0.668. The van der Waals surface area contributed by atoms with Crippen LogP contribution in [-0.4, -0.2) is 49.5 Å². The summed E-state index contributed by atoms with van der Waals surface area (Å²) in [5.41, 5.74) is 0.192. The number of ether oxygens (including phenoxy) is 2. The largest absolute Gasteiger partial charge is 0.378 e. The third kappa shape index (κ3) is 2.10. The normalized spacial score (nSPS) is 32.1. The summed E-state index contributed by atoms with van der Waals surface area (Å²) in [4.78, 5) is 2.48. The van der Waals surface area contributed by atoms with Gasteiger partial charge in [0, 0.05) is 26.2 Å². The van der Waals surface area contributed by atoms with Gasteiger partial charge in [0.15, 0.2) is 0 Å². The van der Waals surface area contributed by atoms with Crippen LogP contribution in [0.15, 0.2) is 0 Å². The fourth-order valence-electron chi connectivity index (χ4n) is 2.04. The fourth-order valence-corrected chi connectivity index (χ4v) is 2.04. The summed E-state index contributed by atoms with van der Waals surface area (Å²) in [7, 11) is 1.78. The molecule has 1 atom stereocenters. The maximum Gasteiger partial charge on any atom is 0.0931 e. The molecular weight excluding hydrogens is 178 g/mol. The molecule has 3 heteroatoms. The molecular formula is C11H21NO2. The van der Waals surface area contributed by atoms with Crippen LogP contribution in [0.3, 0.4) is 0 Å². The fraction of sp³-hybridized carbons (Fsp3) is 1.00. The third-order valence-electron chi connectivity index (χ3n) is 3.38. The van der Waals surface area contributed by atoms with Gasteiger partial charge in [0.2, 0.25) is 0 Å². The average Bonchev–Trinajstić information content (AvgIpc) is 2.93. The molecule has 14 heavy (non-hydrogen) atoms. The zero-order valence-electron chi connectivity index (χ0n) is 9.45. The molecule has 0 N–H and O–H groups in total. The van der Waals surface area contributed by atoms with Gasteiger partial charge in [-0.15, -0.1) is 0 Å². The molecule has 1 saturated carbocycles. The van der Waals surface area contributed by atoms with Crippen molar-refractivity contribution in [1.29, 1.82) is 0 Å². The van der Waals surface area contributed by atoms with Crippen LogP contribution in [0.5, 0.6) is 0 Å². The van der Waals surface area contributed by atoms with Crippen molar-refractivity contribution in [2.45, 2.75) is 44.4 Å². The van der Waals surface area contributed by atoms with Gasteiger partial charge >= 0.3 is 0 Å². The first kappa shape index (κ1) is 10.4. The van der Waals surface area contributed by atoms with Crippen LogP contribution in [0.1, 0.15) is 26.7 Å². The summed E-state index contributed by atoms with van der Waals surface area (Å²) < 4.78 is 11.3. The van der Waals surface area contributed by atoms with E-state index in [9.17, 15) is 0 Å². The van der Waals surface area contributed by atoms with E-state index in [2.05, 4.69) is 18.7 Å². The number of hydrogen-bond donors (Lipinski definition) is 0. The third-order valence-corrected chi connectivity index (χ3v) is 3.38. The molecule has 0 aromatic carbocycles. The molecule has 1 heterocycles. The minimum absolute atomic E-state index is 0.192. The summed E-state index contributed by atoms with van der Waals surface area (Å²) >= 11 is 0. The van der Waals surface area contributed by atoms with Crippen molar-refractivity contribution in [2.24, 2.45) is 0 Å². The van der Waals surface area contributed by atoms with E-state index in [-0.39, 0.29) is 11.7 Å². The van der Waals surface area contributed by atoms with Gasteiger partial charge in [-0.05, 0) is 26.7 Å².